The molecule has 1 aromatic heterocycles. The Morgan fingerprint density at radius 2 is 2.32 bits per heavy atom. The van der Waals surface area contributed by atoms with Crippen molar-refractivity contribution in [2.24, 2.45) is 0 Å². The summed E-state index contributed by atoms with van der Waals surface area (Å²) in [6.45, 7) is 2.02. The van der Waals surface area contributed by atoms with Crippen molar-refractivity contribution in [1.82, 2.24) is 10.3 Å². The van der Waals surface area contributed by atoms with E-state index in [9.17, 15) is 14.9 Å². The van der Waals surface area contributed by atoms with Gasteiger partial charge in [-0.3, -0.25) is 15.1 Å². The van der Waals surface area contributed by atoms with E-state index in [2.05, 4.69) is 15.6 Å². The Morgan fingerprint density at radius 1 is 1.58 bits per heavy atom. The van der Waals surface area contributed by atoms with Crippen LogP contribution >= 0.6 is 0 Å². The Morgan fingerprint density at radius 3 is 2.84 bits per heavy atom. The van der Waals surface area contributed by atoms with Gasteiger partial charge in [0.05, 0.1) is 4.92 Å². The lowest BCUT2D eigenvalue weighted by Gasteiger charge is -2.41. The predicted molar refractivity (Wildman–Crippen MR) is 69.9 cm³/mol. The highest BCUT2D eigenvalue weighted by Crippen LogP contribution is 2.34. The summed E-state index contributed by atoms with van der Waals surface area (Å²) < 4.78 is 0. The zero-order valence-corrected chi connectivity index (χ0v) is 10.7. The van der Waals surface area contributed by atoms with Crippen molar-refractivity contribution in [3.63, 3.8) is 0 Å². The second-order valence-corrected chi connectivity index (χ2v) is 4.72. The summed E-state index contributed by atoms with van der Waals surface area (Å²) in [5, 5.41) is 16.2. The fourth-order valence-corrected chi connectivity index (χ4v) is 2.20. The number of nitrogens with one attached hydrogen (secondary N) is 2. The average molecular weight is 264 g/mol. The molecule has 0 bridgehead atoms. The molecule has 19 heavy (non-hydrogen) atoms. The third-order valence-corrected chi connectivity index (χ3v) is 3.61. The highest BCUT2D eigenvalue weighted by atomic mass is 16.6. The normalized spacial score (nSPS) is 16.3. The van der Waals surface area contributed by atoms with Crippen molar-refractivity contribution in [3.8, 4) is 0 Å². The molecule has 2 rings (SSSR count). The summed E-state index contributed by atoms with van der Waals surface area (Å²) in [5.41, 5.74) is -0.203. The molecule has 102 valence electrons. The van der Waals surface area contributed by atoms with Crippen LogP contribution in [0, 0.1) is 10.1 Å². The molecule has 1 aliphatic rings. The van der Waals surface area contributed by atoms with E-state index in [4.69, 9.17) is 0 Å². The zero-order chi connectivity index (χ0) is 13.9. The molecule has 7 nitrogen and oxygen atoms in total. The Bertz CT molecular complexity index is 494. The summed E-state index contributed by atoms with van der Waals surface area (Å²) in [6.07, 6.45) is 6.39. The van der Waals surface area contributed by atoms with Crippen LogP contribution in [0.25, 0.3) is 0 Å². The van der Waals surface area contributed by atoms with Crippen molar-refractivity contribution >= 4 is 17.4 Å². The fraction of sp³-hybridized carbons (Fsp3) is 0.500. The lowest BCUT2D eigenvalue weighted by Crippen LogP contribution is -2.54. The van der Waals surface area contributed by atoms with Crippen LogP contribution in [-0.2, 0) is 0 Å². The number of anilines is 1. The first-order valence-corrected chi connectivity index (χ1v) is 6.24. The van der Waals surface area contributed by atoms with Crippen LogP contribution in [-0.4, -0.2) is 21.5 Å². The molecular formula is C12H16N4O3. The number of urea groups is 1. The number of pyridine rings is 1. The van der Waals surface area contributed by atoms with Gasteiger partial charge in [0.1, 0.15) is 11.9 Å². The molecule has 0 unspecified atom stereocenters. The third-order valence-electron chi connectivity index (χ3n) is 3.61. The van der Waals surface area contributed by atoms with Crippen molar-refractivity contribution in [3.05, 3.63) is 28.6 Å². The van der Waals surface area contributed by atoms with Crippen molar-refractivity contribution in [2.75, 3.05) is 5.32 Å². The van der Waals surface area contributed by atoms with Crippen LogP contribution in [0.3, 0.4) is 0 Å². The van der Waals surface area contributed by atoms with Gasteiger partial charge in [-0.15, -0.1) is 0 Å². The maximum atomic E-state index is 11.9. The number of hydrogen-bond acceptors (Lipinski definition) is 4. The topological polar surface area (TPSA) is 97.2 Å². The molecule has 0 atom stereocenters. The Labute approximate surface area is 110 Å². The summed E-state index contributed by atoms with van der Waals surface area (Å²) in [4.78, 5) is 25.8. The lowest BCUT2D eigenvalue weighted by molar-refractivity contribution is -0.384. The highest BCUT2D eigenvalue weighted by Gasteiger charge is 2.36. The van der Waals surface area contributed by atoms with E-state index < -0.39 is 11.0 Å². The molecule has 0 aliphatic heterocycles. The molecule has 2 N–H and O–H groups in total. The molecule has 2 amide bonds. The Balaban J connectivity index is 2.05. The third kappa shape index (κ3) is 2.81. The minimum Gasteiger partial charge on any atom is -0.332 e. The van der Waals surface area contributed by atoms with E-state index in [0.29, 0.717) is 0 Å². The number of aromatic nitrogens is 1. The molecule has 1 fully saturated rings. The standard InChI is InChI=1S/C12H16N4O3/c1-2-12(5-3-6-12)15-11(17)14-9-4-7-13-8-10(9)16(18)19/h4,7-8H,2-3,5-6H2,1H3,(H2,13,14,15,17). The van der Waals surface area contributed by atoms with Gasteiger partial charge in [0.15, 0.2) is 0 Å². The predicted octanol–water partition coefficient (Wildman–Crippen LogP) is 2.44. The summed E-state index contributed by atoms with van der Waals surface area (Å²) in [5.74, 6) is 0. The molecule has 0 spiro atoms. The first-order chi connectivity index (χ1) is 9.06. The average Bonchev–Trinajstić information content (AvgIpc) is 2.34. The molecule has 1 aromatic rings. The number of carbonyl (C=O) groups excluding carboxylic acids is 1. The summed E-state index contributed by atoms with van der Waals surface area (Å²) >= 11 is 0. The van der Waals surface area contributed by atoms with Crippen molar-refractivity contribution < 1.29 is 9.72 Å². The molecule has 0 radical (unpaired) electrons. The van der Waals surface area contributed by atoms with E-state index in [1.165, 1.54) is 12.3 Å². The number of carbonyl (C=O) groups is 1. The van der Waals surface area contributed by atoms with E-state index >= 15 is 0 Å². The van der Waals surface area contributed by atoms with Gasteiger partial charge in [-0.1, -0.05) is 6.92 Å². The smallest absolute Gasteiger partial charge is 0.319 e. The molecule has 7 heteroatoms. The number of nitrogens with zero attached hydrogens (tertiary/aromatic N) is 2. The monoisotopic (exact) mass is 264 g/mol. The number of rotatable bonds is 4. The van der Waals surface area contributed by atoms with Crippen LogP contribution in [0.4, 0.5) is 16.2 Å². The number of amides is 2. The molecule has 1 heterocycles. The van der Waals surface area contributed by atoms with Crippen LogP contribution in [0.1, 0.15) is 32.6 Å². The van der Waals surface area contributed by atoms with Crippen LogP contribution < -0.4 is 10.6 Å². The highest BCUT2D eigenvalue weighted by molar-refractivity contribution is 5.92. The maximum Gasteiger partial charge on any atom is 0.319 e. The molecule has 0 saturated heterocycles. The quantitative estimate of drug-likeness (QED) is 0.644. The van der Waals surface area contributed by atoms with Crippen molar-refractivity contribution in [2.45, 2.75) is 38.1 Å². The second kappa shape index (κ2) is 5.21. The maximum absolute atomic E-state index is 11.9. The van der Waals surface area contributed by atoms with Crippen LogP contribution in [0.2, 0.25) is 0 Å². The van der Waals surface area contributed by atoms with Gasteiger partial charge in [0, 0.05) is 11.7 Å². The Kier molecular flexibility index (Phi) is 3.64. The van der Waals surface area contributed by atoms with Gasteiger partial charge in [-0.25, -0.2) is 4.79 Å². The number of nitro groups is 1. The minimum absolute atomic E-state index is 0.147. The fourth-order valence-electron chi connectivity index (χ4n) is 2.20. The second-order valence-electron chi connectivity index (χ2n) is 4.72. The first kappa shape index (κ1) is 13.3. The van der Waals surface area contributed by atoms with E-state index in [1.54, 1.807) is 0 Å². The van der Waals surface area contributed by atoms with Gasteiger partial charge in [0.2, 0.25) is 0 Å². The van der Waals surface area contributed by atoms with Gasteiger partial charge in [-0.2, -0.15) is 0 Å². The summed E-state index contributed by atoms with van der Waals surface area (Å²) in [6, 6.07) is 1.01. The van der Waals surface area contributed by atoms with Gasteiger partial charge < -0.3 is 10.6 Å². The van der Waals surface area contributed by atoms with Crippen LogP contribution in [0.15, 0.2) is 18.5 Å². The lowest BCUT2D eigenvalue weighted by atomic mass is 9.75. The molecule has 1 aliphatic carbocycles. The Hall–Kier alpha value is -2.18. The van der Waals surface area contributed by atoms with Gasteiger partial charge in [-0.05, 0) is 31.7 Å². The first-order valence-electron chi connectivity index (χ1n) is 6.24. The molecular weight excluding hydrogens is 248 g/mol. The SMILES string of the molecule is CCC1(NC(=O)Nc2ccncc2[N+](=O)[O-])CCC1. The number of hydrogen-bond donors (Lipinski definition) is 2. The van der Waals surface area contributed by atoms with Gasteiger partial charge in [0.25, 0.3) is 0 Å². The van der Waals surface area contributed by atoms with Gasteiger partial charge >= 0.3 is 11.7 Å². The van der Waals surface area contributed by atoms with E-state index in [0.717, 1.165) is 31.9 Å². The van der Waals surface area contributed by atoms with E-state index in [-0.39, 0.29) is 16.9 Å². The largest absolute Gasteiger partial charge is 0.332 e. The molecule has 1 saturated carbocycles. The van der Waals surface area contributed by atoms with E-state index in [1.807, 2.05) is 6.92 Å². The van der Waals surface area contributed by atoms with Crippen LogP contribution in [0.5, 0.6) is 0 Å². The van der Waals surface area contributed by atoms with Crippen molar-refractivity contribution in [1.29, 1.82) is 0 Å². The zero-order valence-electron chi connectivity index (χ0n) is 10.7. The minimum atomic E-state index is -0.568. The summed E-state index contributed by atoms with van der Waals surface area (Å²) in [7, 11) is 0. The molecule has 0 aromatic carbocycles.